The van der Waals surface area contributed by atoms with E-state index in [4.69, 9.17) is 20.4 Å². The molecular formula is C22H23B2N5O5. The summed E-state index contributed by atoms with van der Waals surface area (Å²) in [5, 5.41) is 32.2. The first kappa shape index (κ1) is 25.1. The molecule has 12 heteroatoms. The van der Waals surface area contributed by atoms with E-state index in [1.165, 1.54) is 41.6 Å². The standard InChI is InChI=1S/C22H23B2N5O5/c1-21(2,3)34-20(30)27-15-9-19(22(23,24)31)28(12-15)18-8-13(4-5-17(18)29(32)33)16-11-26-7-6-14(16)10-25/h4-8,11,15,19,31H,9,12H2,1-3H3,(H,27,30). The lowest BCUT2D eigenvalue weighted by Crippen LogP contribution is -2.51. The number of nitrogens with one attached hydrogen (secondary N) is 1. The number of nitro benzene ring substituents is 1. The van der Waals surface area contributed by atoms with Gasteiger partial charge in [-0.3, -0.25) is 15.1 Å². The number of carbonyl (C=O) groups is 1. The van der Waals surface area contributed by atoms with Crippen LogP contribution in [0.15, 0.2) is 36.7 Å². The minimum absolute atomic E-state index is 0.0725. The number of rotatable bonds is 5. The van der Waals surface area contributed by atoms with Crippen molar-refractivity contribution in [3.8, 4) is 17.2 Å². The van der Waals surface area contributed by atoms with E-state index in [1.54, 1.807) is 20.8 Å². The monoisotopic (exact) mass is 459 g/mol. The minimum atomic E-state index is -2.22. The molecule has 10 nitrogen and oxygen atoms in total. The summed E-state index contributed by atoms with van der Waals surface area (Å²) in [5.41, 5.74) is 0.480. The third-order valence-corrected chi connectivity index (χ3v) is 5.29. The number of ether oxygens (including phenoxy) is 1. The topological polar surface area (TPSA) is 142 Å². The van der Waals surface area contributed by atoms with Crippen LogP contribution in [0.2, 0.25) is 0 Å². The van der Waals surface area contributed by atoms with E-state index in [1.807, 2.05) is 0 Å². The molecule has 172 valence electrons. The maximum absolute atomic E-state index is 12.3. The molecule has 4 radical (unpaired) electrons. The molecule has 0 aliphatic carbocycles. The van der Waals surface area contributed by atoms with Gasteiger partial charge in [-0.2, -0.15) is 5.26 Å². The summed E-state index contributed by atoms with van der Waals surface area (Å²) in [4.78, 5) is 29.1. The molecule has 0 spiro atoms. The average molecular weight is 459 g/mol. The third kappa shape index (κ3) is 5.66. The second kappa shape index (κ2) is 9.35. The van der Waals surface area contributed by atoms with Crippen LogP contribution in [0.3, 0.4) is 0 Å². The van der Waals surface area contributed by atoms with E-state index in [-0.39, 0.29) is 24.3 Å². The summed E-state index contributed by atoms with van der Waals surface area (Å²) in [7, 11) is 11.6. The number of nitrogens with zero attached hydrogens (tertiary/aromatic N) is 4. The quantitative estimate of drug-likeness (QED) is 0.393. The Morgan fingerprint density at radius 3 is 2.68 bits per heavy atom. The Hall–Kier alpha value is -3.58. The molecule has 3 rings (SSSR count). The third-order valence-electron chi connectivity index (χ3n) is 5.29. The van der Waals surface area contributed by atoms with Crippen molar-refractivity contribution in [2.24, 2.45) is 0 Å². The maximum Gasteiger partial charge on any atom is 0.407 e. The molecule has 0 saturated carbocycles. The number of benzene rings is 1. The molecule has 1 fully saturated rings. The van der Waals surface area contributed by atoms with E-state index in [0.717, 1.165) is 0 Å². The van der Waals surface area contributed by atoms with Crippen molar-refractivity contribution < 1.29 is 19.6 Å². The first-order valence-electron chi connectivity index (χ1n) is 10.5. The lowest BCUT2D eigenvalue weighted by atomic mass is 9.60. The zero-order chi connectivity index (χ0) is 25.3. The number of aromatic nitrogens is 1. The van der Waals surface area contributed by atoms with Crippen molar-refractivity contribution in [3.63, 3.8) is 0 Å². The summed E-state index contributed by atoms with van der Waals surface area (Å²) in [6.07, 6.45) is 2.40. The van der Waals surface area contributed by atoms with Crippen LogP contribution in [-0.4, -0.2) is 66.4 Å². The van der Waals surface area contributed by atoms with Gasteiger partial charge in [-0.1, -0.05) is 0 Å². The molecule has 0 bridgehead atoms. The van der Waals surface area contributed by atoms with Crippen molar-refractivity contribution >= 4 is 33.2 Å². The first-order valence-corrected chi connectivity index (χ1v) is 10.5. The van der Waals surface area contributed by atoms with Gasteiger partial charge in [-0.25, -0.2) is 4.79 Å². The fourth-order valence-electron chi connectivity index (χ4n) is 3.92. The number of pyridine rings is 1. The van der Waals surface area contributed by atoms with Crippen molar-refractivity contribution in [1.82, 2.24) is 10.3 Å². The zero-order valence-electron chi connectivity index (χ0n) is 19.1. The normalized spacial score (nSPS) is 18.3. The number of nitriles is 1. The Balaban J connectivity index is 2.03. The van der Waals surface area contributed by atoms with Crippen LogP contribution in [0.1, 0.15) is 32.8 Å². The predicted molar refractivity (Wildman–Crippen MR) is 126 cm³/mol. The van der Waals surface area contributed by atoms with Crippen LogP contribution in [-0.2, 0) is 4.74 Å². The highest BCUT2D eigenvalue weighted by Crippen LogP contribution is 2.39. The number of hydrogen-bond donors (Lipinski definition) is 2. The molecule has 1 aromatic heterocycles. The van der Waals surface area contributed by atoms with Gasteiger partial charge in [-0.15, -0.1) is 0 Å². The Labute approximate surface area is 199 Å². The molecular weight excluding hydrogens is 436 g/mol. The molecule has 1 amide bonds. The second-order valence-electron chi connectivity index (χ2n) is 9.13. The van der Waals surface area contributed by atoms with Gasteiger partial charge >= 0.3 is 6.09 Å². The summed E-state index contributed by atoms with van der Waals surface area (Å²) in [6.45, 7) is 5.23. The van der Waals surface area contributed by atoms with E-state index < -0.39 is 34.1 Å². The fraction of sp³-hybridized carbons (Fsp3) is 0.409. The van der Waals surface area contributed by atoms with Crippen LogP contribution in [0.5, 0.6) is 0 Å². The largest absolute Gasteiger partial charge is 0.444 e. The minimum Gasteiger partial charge on any atom is -0.444 e. The number of anilines is 1. The lowest BCUT2D eigenvalue weighted by molar-refractivity contribution is -0.384. The first-order chi connectivity index (χ1) is 15.8. The van der Waals surface area contributed by atoms with Gasteiger partial charge in [-0.05, 0) is 51.0 Å². The zero-order valence-corrected chi connectivity index (χ0v) is 19.1. The molecule has 2 unspecified atom stereocenters. The lowest BCUT2D eigenvalue weighted by Gasteiger charge is -2.36. The fourth-order valence-corrected chi connectivity index (χ4v) is 3.92. The van der Waals surface area contributed by atoms with Crippen molar-refractivity contribution in [3.05, 3.63) is 52.3 Å². The van der Waals surface area contributed by atoms with Crippen LogP contribution in [0.4, 0.5) is 16.2 Å². The molecule has 2 N–H and O–H groups in total. The molecule has 2 aromatic rings. The Morgan fingerprint density at radius 1 is 1.38 bits per heavy atom. The van der Waals surface area contributed by atoms with Crippen molar-refractivity contribution in [2.75, 3.05) is 11.4 Å². The number of nitro groups is 1. The molecule has 1 aliphatic heterocycles. The second-order valence-corrected chi connectivity index (χ2v) is 9.13. The van der Waals surface area contributed by atoms with Crippen molar-refractivity contribution in [1.29, 1.82) is 5.26 Å². The van der Waals surface area contributed by atoms with Crippen molar-refractivity contribution in [2.45, 2.75) is 50.3 Å². The maximum atomic E-state index is 12.3. The highest BCUT2D eigenvalue weighted by Gasteiger charge is 2.43. The molecule has 1 aliphatic rings. The molecule has 2 heterocycles. The molecule has 1 aromatic carbocycles. The number of hydrogen-bond acceptors (Lipinski definition) is 8. The van der Waals surface area contributed by atoms with Crippen LogP contribution in [0.25, 0.3) is 11.1 Å². The number of amides is 1. The number of alkyl carbamates (subject to hydrolysis) is 1. The van der Waals surface area contributed by atoms with E-state index in [0.29, 0.717) is 16.7 Å². The van der Waals surface area contributed by atoms with Gasteiger partial charge in [0.25, 0.3) is 5.69 Å². The number of carbonyl (C=O) groups excluding carboxylic acids is 1. The van der Waals surface area contributed by atoms with E-state index in [9.17, 15) is 25.3 Å². The number of aliphatic hydroxyl groups is 1. The highest BCUT2D eigenvalue weighted by atomic mass is 16.6. The summed E-state index contributed by atoms with van der Waals surface area (Å²) in [6, 6.07) is 6.41. The average Bonchev–Trinajstić information content (AvgIpc) is 3.15. The summed E-state index contributed by atoms with van der Waals surface area (Å²) in [5.74, 6) is 0. The summed E-state index contributed by atoms with van der Waals surface area (Å²) < 4.78 is 5.29. The van der Waals surface area contributed by atoms with Gasteiger partial charge in [0.15, 0.2) is 0 Å². The van der Waals surface area contributed by atoms with Crippen LogP contribution < -0.4 is 10.2 Å². The van der Waals surface area contributed by atoms with Gasteiger partial charge in [0.05, 0.1) is 22.6 Å². The highest BCUT2D eigenvalue weighted by molar-refractivity contribution is 6.39. The molecule has 1 saturated heterocycles. The Bertz CT molecular complexity index is 1140. The van der Waals surface area contributed by atoms with Gasteiger partial charge < -0.3 is 20.1 Å². The van der Waals surface area contributed by atoms with Gasteiger partial charge in [0.2, 0.25) is 0 Å². The van der Waals surface area contributed by atoms with Gasteiger partial charge in [0, 0.05) is 42.0 Å². The van der Waals surface area contributed by atoms with E-state index in [2.05, 4.69) is 16.4 Å². The van der Waals surface area contributed by atoms with Gasteiger partial charge in [0.1, 0.15) is 27.0 Å². The SMILES string of the molecule is [B]C([B])(O)C1CC(NC(=O)OC(C)(C)C)CN1c1cc(-c2cnccc2C#N)ccc1[N+](=O)[O-]. The smallest absolute Gasteiger partial charge is 0.407 e. The Kier molecular flexibility index (Phi) is 6.89. The predicted octanol–water partition coefficient (Wildman–Crippen LogP) is 1.98. The van der Waals surface area contributed by atoms with Crippen LogP contribution in [0, 0.1) is 21.4 Å². The van der Waals surface area contributed by atoms with E-state index >= 15 is 0 Å². The summed E-state index contributed by atoms with van der Waals surface area (Å²) >= 11 is 0. The molecule has 34 heavy (non-hydrogen) atoms. The van der Waals surface area contributed by atoms with Crippen LogP contribution >= 0.6 is 0 Å². The Morgan fingerprint density at radius 2 is 2.09 bits per heavy atom. The molecule has 2 atom stereocenters.